The lowest BCUT2D eigenvalue weighted by molar-refractivity contribution is 0.0258. The second kappa shape index (κ2) is 26.6. The second-order valence-electron chi connectivity index (χ2n) is 17.7. The van der Waals surface area contributed by atoms with E-state index >= 15 is 0 Å². The normalized spacial score (nSPS) is 12.4. The summed E-state index contributed by atoms with van der Waals surface area (Å²) in [5.41, 5.74) is 12.8. The van der Waals surface area contributed by atoms with Crippen LogP contribution in [0.2, 0.25) is 0 Å². The van der Waals surface area contributed by atoms with Gasteiger partial charge < -0.3 is 4.74 Å². The Morgan fingerprint density at radius 2 is 0.667 bits per heavy atom. The van der Waals surface area contributed by atoms with Gasteiger partial charge in [0.1, 0.15) is 12.2 Å². The Labute approximate surface area is 380 Å². The first-order chi connectivity index (χ1) is 31.1. The first kappa shape index (κ1) is 47.5. The minimum absolute atomic E-state index is 0.489. The van der Waals surface area contributed by atoms with Crippen LogP contribution in [0.15, 0.2) is 122 Å². The summed E-state index contributed by atoms with van der Waals surface area (Å²) in [6, 6.07) is 35.4. The zero-order chi connectivity index (χ0) is 43.9. The van der Waals surface area contributed by atoms with Gasteiger partial charge in [0, 0.05) is 11.1 Å². The quantitative estimate of drug-likeness (QED) is 0.0461. The van der Waals surface area contributed by atoms with Gasteiger partial charge in [0.25, 0.3) is 0 Å². The molecule has 0 saturated heterocycles. The maximum Gasteiger partial charge on any atom is 0.127 e. The Hall–Kier alpha value is -5.00. The predicted molar refractivity (Wildman–Crippen MR) is 264 cm³/mol. The lowest BCUT2D eigenvalue weighted by Gasteiger charge is -2.25. The minimum Gasteiger partial charge on any atom is -0.353 e. The number of hydrogen-bond donors (Lipinski definition) is 0. The van der Waals surface area contributed by atoms with E-state index in [4.69, 9.17) is 24.7 Å². The Kier molecular flexibility index (Phi) is 20.0. The first-order valence-electron chi connectivity index (χ1n) is 24.7. The second-order valence-corrected chi connectivity index (χ2v) is 17.7. The SMILES string of the molecule is CCCCCCCCCc1ccc(-c2cnc(C(OC(c3ccc(CCC)cc3)c3cnc(-c4ccc(CCCCCCCCC)cc4)cn3)c3ccc(CCC)cc3)cn2)cc1. The first-order valence-corrected chi connectivity index (χ1v) is 24.7. The third-order valence-corrected chi connectivity index (χ3v) is 12.4. The van der Waals surface area contributed by atoms with E-state index in [-0.39, 0.29) is 0 Å². The van der Waals surface area contributed by atoms with Crippen LogP contribution in [0.1, 0.15) is 187 Å². The predicted octanol–water partition coefficient (Wildman–Crippen LogP) is 16.0. The van der Waals surface area contributed by atoms with Crippen molar-refractivity contribution in [3.8, 4) is 22.5 Å². The van der Waals surface area contributed by atoms with Gasteiger partial charge in [-0.3, -0.25) is 19.9 Å². The van der Waals surface area contributed by atoms with E-state index < -0.39 is 12.2 Å². The van der Waals surface area contributed by atoms with Crippen LogP contribution in [0.3, 0.4) is 0 Å². The molecule has 0 N–H and O–H groups in total. The van der Waals surface area contributed by atoms with Gasteiger partial charge in [-0.25, -0.2) is 0 Å². The van der Waals surface area contributed by atoms with Crippen LogP contribution < -0.4 is 0 Å². The van der Waals surface area contributed by atoms with Crippen LogP contribution in [0.5, 0.6) is 0 Å². The molecule has 0 radical (unpaired) electrons. The molecule has 0 fully saturated rings. The highest BCUT2D eigenvalue weighted by atomic mass is 16.5. The van der Waals surface area contributed by atoms with Gasteiger partial charge in [-0.05, 0) is 71.9 Å². The van der Waals surface area contributed by atoms with Crippen molar-refractivity contribution < 1.29 is 4.74 Å². The third kappa shape index (κ3) is 15.1. The summed E-state index contributed by atoms with van der Waals surface area (Å²) in [5, 5.41) is 0. The van der Waals surface area contributed by atoms with E-state index in [9.17, 15) is 0 Å². The fraction of sp³-hybridized carbons (Fsp3) is 0.448. The maximum absolute atomic E-state index is 7.26. The highest BCUT2D eigenvalue weighted by molar-refractivity contribution is 5.59. The molecule has 0 bridgehead atoms. The molecule has 4 aromatic carbocycles. The van der Waals surface area contributed by atoms with Crippen molar-refractivity contribution in [1.82, 2.24) is 19.9 Å². The van der Waals surface area contributed by atoms with Crippen LogP contribution in [0, 0.1) is 0 Å². The van der Waals surface area contributed by atoms with Gasteiger partial charge in [0.05, 0.1) is 47.6 Å². The van der Waals surface area contributed by atoms with Crippen LogP contribution in [-0.2, 0) is 30.4 Å². The molecule has 63 heavy (non-hydrogen) atoms. The van der Waals surface area contributed by atoms with Gasteiger partial charge in [-0.15, -0.1) is 0 Å². The summed E-state index contributed by atoms with van der Waals surface area (Å²) in [5.74, 6) is 0. The molecule has 2 aromatic heterocycles. The van der Waals surface area contributed by atoms with Gasteiger partial charge in [0.2, 0.25) is 0 Å². The molecule has 2 atom stereocenters. The van der Waals surface area contributed by atoms with Crippen molar-refractivity contribution in [3.05, 3.63) is 167 Å². The van der Waals surface area contributed by atoms with Crippen LogP contribution in [0.4, 0.5) is 0 Å². The Morgan fingerprint density at radius 1 is 0.333 bits per heavy atom. The van der Waals surface area contributed by atoms with Crippen LogP contribution in [-0.4, -0.2) is 19.9 Å². The molecule has 0 aliphatic carbocycles. The molecule has 2 unspecified atom stereocenters. The molecule has 0 aliphatic rings. The summed E-state index contributed by atoms with van der Waals surface area (Å²) in [6.45, 7) is 8.99. The molecule has 0 saturated carbocycles. The fourth-order valence-electron chi connectivity index (χ4n) is 8.57. The number of aryl methyl sites for hydroxylation is 4. The van der Waals surface area contributed by atoms with Crippen molar-refractivity contribution in [3.63, 3.8) is 0 Å². The fourth-order valence-corrected chi connectivity index (χ4v) is 8.57. The van der Waals surface area contributed by atoms with Crippen molar-refractivity contribution >= 4 is 0 Å². The summed E-state index contributed by atoms with van der Waals surface area (Å²) in [7, 11) is 0. The van der Waals surface area contributed by atoms with Gasteiger partial charge in [-0.1, -0.05) is 215 Å². The lowest BCUT2D eigenvalue weighted by atomic mass is 10.00. The van der Waals surface area contributed by atoms with Crippen molar-refractivity contribution in [1.29, 1.82) is 0 Å². The monoisotopic (exact) mass is 843 g/mol. The highest BCUT2D eigenvalue weighted by Crippen LogP contribution is 2.36. The molecule has 5 heteroatoms. The van der Waals surface area contributed by atoms with Gasteiger partial charge >= 0.3 is 0 Å². The zero-order valence-corrected chi connectivity index (χ0v) is 39.0. The van der Waals surface area contributed by atoms with E-state index in [2.05, 4.69) is 125 Å². The number of ether oxygens (including phenoxy) is 1. The molecule has 0 spiro atoms. The van der Waals surface area contributed by atoms with E-state index in [0.29, 0.717) is 0 Å². The number of unbranched alkanes of at least 4 members (excludes halogenated alkanes) is 12. The summed E-state index contributed by atoms with van der Waals surface area (Å²) >= 11 is 0. The van der Waals surface area contributed by atoms with E-state index in [1.807, 2.05) is 24.8 Å². The molecule has 2 heterocycles. The average Bonchev–Trinajstić information content (AvgIpc) is 3.33. The maximum atomic E-state index is 7.26. The molecule has 6 rings (SSSR count). The Balaban J connectivity index is 1.21. The number of benzene rings is 4. The van der Waals surface area contributed by atoms with E-state index in [0.717, 1.165) is 83.6 Å². The molecule has 0 aliphatic heterocycles. The molecule has 0 amide bonds. The van der Waals surface area contributed by atoms with Crippen molar-refractivity contribution in [2.24, 2.45) is 0 Å². The summed E-state index contributed by atoms with van der Waals surface area (Å²) in [6.07, 6.45) is 31.7. The number of aromatic nitrogens is 4. The van der Waals surface area contributed by atoms with Crippen molar-refractivity contribution in [2.45, 2.75) is 168 Å². The Bertz CT molecular complexity index is 1970. The zero-order valence-electron chi connectivity index (χ0n) is 39.0. The minimum atomic E-state index is -0.489. The van der Waals surface area contributed by atoms with Crippen molar-refractivity contribution in [2.75, 3.05) is 0 Å². The molecular formula is C58H74N4O. The topological polar surface area (TPSA) is 60.8 Å². The number of hydrogen-bond acceptors (Lipinski definition) is 5. The standard InChI is InChI=1S/C58H74N4O/c1-5-9-11-13-15-17-19-23-47-25-33-49(34-26-47)53-41-61-55(43-59-53)57(51-37-29-45(21-7-3)30-38-51)63-58(52-39-31-46(22-8-4)32-40-52)56-44-60-54(42-62-56)50-35-27-48(28-36-50)24-20-18-16-14-12-10-6-2/h25-44,57-58H,5-24H2,1-4H3. The van der Waals surface area contributed by atoms with Gasteiger partial charge in [-0.2, -0.15) is 0 Å². The lowest BCUT2D eigenvalue weighted by Crippen LogP contribution is -2.16. The van der Waals surface area contributed by atoms with Crippen LogP contribution in [0.25, 0.3) is 22.5 Å². The number of rotatable bonds is 28. The third-order valence-electron chi connectivity index (χ3n) is 12.4. The smallest absolute Gasteiger partial charge is 0.127 e. The van der Waals surface area contributed by atoms with Crippen LogP contribution >= 0.6 is 0 Å². The largest absolute Gasteiger partial charge is 0.353 e. The molecular weight excluding hydrogens is 769 g/mol. The molecule has 5 nitrogen and oxygen atoms in total. The van der Waals surface area contributed by atoms with E-state index in [1.54, 1.807) is 0 Å². The number of nitrogens with zero attached hydrogens (tertiary/aromatic N) is 4. The van der Waals surface area contributed by atoms with E-state index in [1.165, 1.54) is 112 Å². The average molecular weight is 843 g/mol. The summed E-state index contributed by atoms with van der Waals surface area (Å²) < 4.78 is 7.26. The van der Waals surface area contributed by atoms with Gasteiger partial charge in [0.15, 0.2) is 0 Å². The highest BCUT2D eigenvalue weighted by Gasteiger charge is 2.26. The molecule has 332 valence electrons. The molecule has 6 aromatic rings. The Morgan fingerprint density at radius 3 is 1.00 bits per heavy atom. The summed E-state index contributed by atoms with van der Waals surface area (Å²) in [4.78, 5) is 20.1.